The first kappa shape index (κ1) is 16.5. The summed E-state index contributed by atoms with van der Waals surface area (Å²) in [7, 11) is 0. The molecule has 0 saturated carbocycles. The lowest BCUT2D eigenvalue weighted by molar-refractivity contribution is 0.317. The summed E-state index contributed by atoms with van der Waals surface area (Å²) in [6.07, 6.45) is 4.95. The molecule has 0 saturated heterocycles. The molecular weight excluding hydrogens is 320 g/mol. The van der Waals surface area contributed by atoms with Gasteiger partial charge < -0.3 is 14.7 Å². The molecule has 2 aromatic heterocycles. The van der Waals surface area contributed by atoms with Crippen molar-refractivity contribution in [3.63, 3.8) is 0 Å². The fraction of sp³-hybridized carbons (Fsp3) is 0.167. The number of hydrogen-bond donors (Lipinski definition) is 1. The number of ether oxygens (including phenoxy) is 2. The Morgan fingerprint density at radius 2 is 1.88 bits per heavy atom. The van der Waals surface area contributed by atoms with Crippen LogP contribution in [0.3, 0.4) is 0 Å². The molecule has 7 nitrogen and oxygen atoms in total. The zero-order valence-electron chi connectivity index (χ0n) is 14.0. The van der Waals surface area contributed by atoms with Gasteiger partial charge >= 0.3 is 0 Å². The number of nitrogens with zero attached hydrogens (tertiary/aromatic N) is 4. The zero-order valence-corrected chi connectivity index (χ0v) is 14.0. The summed E-state index contributed by atoms with van der Waals surface area (Å²) in [5.41, 5.74) is 0.652. The quantitative estimate of drug-likeness (QED) is 0.333. The SMILES string of the molecule is CCOc1ccc(Oc2cc(/C(=N/O)n3ccnc3C)ccn2)cc1. The van der Waals surface area contributed by atoms with Crippen LogP contribution in [0.5, 0.6) is 17.4 Å². The van der Waals surface area contributed by atoms with Gasteiger partial charge in [0.1, 0.15) is 17.3 Å². The van der Waals surface area contributed by atoms with E-state index in [2.05, 4.69) is 15.1 Å². The van der Waals surface area contributed by atoms with Gasteiger partial charge in [-0.05, 0) is 44.2 Å². The van der Waals surface area contributed by atoms with E-state index >= 15 is 0 Å². The van der Waals surface area contributed by atoms with Crippen LogP contribution in [0, 0.1) is 6.92 Å². The predicted octanol–water partition coefficient (Wildman–Crippen LogP) is 3.46. The average Bonchev–Trinajstić information content (AvgIpc) is 3.04. The number of aryl methyl sites for hydroxylation is 1. The monoisotopic (exact) mass is 338 g/mol. The van der Waals surface area contributed by atoms with E-state index in [-0.39, 0.29) is 0 Å². The summed E-state index contributed by atoms with van der Waals surface area (Å²) in [4.78, 5) is 8.34. The topological polar surface area (TPSA) is 81.8 Å². The Hall–Kier alpha value is -3.35. The molecule has 128 valence electrons. The number of aromatic nitrogens is 3. The first-order valence-electron chi connectivity index (χ1n) is 7.80. The molecule has 0 amide bonds. The average molecular weight is 338 g/mol. The van der Waals surface area contributed by atoms with E-state index in [1.807, 2.05) is 26.0 Å². The molecule has 0 atom stereocenters. The first-order chi connectivity index (χ1) is 12.2. The number of imidazole rings is 1. The summed E-state index contributed by atoms with van der Waals surface area (Å²) in [6.45, 7) is 4.37. The molecule has 7 heteroatoms. The lowest BCUT2D eigenvalue weighted by atomic mass is 10.2. The second kappa shape index (κ2) is 7.48. The molecule has 0 aliphatic rings. The van der Waals surface area contributed by atoms with Gasteiger partial charge in [-0.3, -0.25) is 4.57 Å². The van der Waals surface area contributed by atoms with Crippen molar-refractivity contribution < 1.29 is 14.7 Å². The van der Waals surface area contributed by atoms with E-state index < -0.39 is 0 Å². The minimum absolute atomic E-state index is 0.342. The molecule has 3 rings (SSSR count). The van der Waals surface area contributed by atoms with Gasteiger partial charge in [-0.15, -0.1) is 0 Å². The van der Waals surface area contributed by atoms with Crippen molar-refractivity contribution in [1.82, 2.24) is 14.5 Å². The number of oxime groups is 1. The fourth-order valence-electron chi connectivity index (χ4n) is 2.34. The Kier molecular flexibility index (Phi) is 4.94. The van der Waals surface area contributed by atoms with Crippen molar-refractivity contribution in [2.75, 3.05) is 6.61 Å². The summed E-state index contributed by atoms with van der Waals surface area (Å²) < 4.78 is 12.8. The smallest absolute Gasteiger partial charge is 0.219 e. The Morgan fingerprint density at radius 3 is 2.52 bits per heavy atom. The maximum absolute atomic E-state index is 9.40. The molecule has 0 aliphatic heterocycles. The van der Waals surface area contributed by atoms with E-state index in [0.717, 1.165) is 5.75 Å². The number of hydrogen-bond acceptors (Lipinski definition) is 6. The molecule has 2 heterocycles. The molecule has 0 aliphatic carbocycles. The van der Waals surface area contributed by atoms with E-state index in [1.165, 1.54) is 0 Å². The molecular formula is C18H18N4O3. The number of benzene rings is 1. The highest BCUT2D eigenvalue weighted by Crippen LogP contribution is 2.23. The van der Waals surface area contributed by atoms with Crippen molar-refractivity contribution >= 4 is 5.84 Å². The molecule has 0 bridgehead atoms. The number of rotatable bonds is 5. The van der Waals surface area contributed by atoms with E-state index in [0.29, 0.717) is 35.5 Å². The van der Waals surface area contributed by atoms with Crippen LogP contribution in [0.15, 0.2) is 60.1 Å². The largest absolute Gasteiger partial charge is 0.494 e. The Balaban J connectivity index is 1.83. The molecule has 3 aromatic rings. The lowest BCUT2D eigenvalue weighted by Gasteiger charge is -2.10. The molecule has 1 N–H and O–H groups in total. The van der Waals surface area contributed by atoms with Gasteiger partial charge in [0.05, 0.1) is 6.61 Å². The van der Waals surface area contributed by atoms with Gasteiger partial charge in [-0.2, -0.15) is 0 Å². The Labute approximate surface area is 145 Å². The fourth-order valence-corrected chi connectivity index (χ4v) is 2.34. The molecule has 0 unspecified atom stereocenters. The summed E-state index contributed by atoms with van der Waals surface area (Å²) in [5, 5.41) is 12.8. The van der Waals surface area contributed by atoms with Crippen LogP contribution >= 0.6 is 0 Å². The molecule has 25 heavy (non-hydrogen) atoms. The van der Waals surface area contributed by atoms with Crippen LogP contribution in [0.1, 0.15) is 18.3 Å². The lowest BCUT2D eigenvalue weighted by Crippen LogP contribution is -2.14. The Bertz CT molecular complexity index is 872. The minimum atomic E-state index is 0.342. The minimum Gasteiger partial charge on any atom is -0.494 e. The van der Waals surface area contributed by atoms with E-state index in [1.54, 1.807) is 47.4 Å². The van der Waals surface area contributed by atoms with Gasteiger partial charge in [-0.25, -0.2) is 9.97 Å². The van der Waals surface area contributed by atoms with Gasteiger partial charge in [0.25, 0.3) is 0 Å². The van der Waals surface area contributed by atoms with Crippen molar-refractivity contribution in [1.29, 1.82) is 0 Å². The van der Waals surface area contributed by atoms with Crippen molar-refractivity contribution in [2.24, 2.45) is 5.16 Å². The third-order valence-corrected chi connectivity index (χ3v) is 3.50. The normalized spacial score (nSPS) is 11.4. The van der Waals surface area contributed by atoms with E-state index in [9.17, 15) is 5.21 Å². The molecule has 0 fully saturated rings. The van der Waals surface area contributed by atoms with Crippen LogP contribution in [0.25, 0.3) is 0 Å². The van der Waals surface area contributed by atoms with Gasteiger partial charge in [0.15, 0.2) is 5.84 Å². The predicted molar refractivity (Wildman–Crippen MR) is 92.6 cm³/mol. The van der Waals surface area contributed by atoms with Crippen LogP contribution in [0.4, 0.5) is 0 Å². The highest BCUT2D eigenvalue weighted by molar-refractivity contribution is 6.00. The third-order valence-electron chi connectivity index (χ3n) is 3.50. The van der Waals surface area contributed by atoms with Gasteiger partial charge in [0, 0.05) is 30.2 Å². The third kappa shape index (κ3) is 3.77. The maximum atomic E-state index is 9.40. The maximum Gasteiger partial charge on any atom is 0.219 e. The van der Waals surface area contributed by atoms with Gasteiger partial charge in [0.2, 0.25) is 5.88 Å². The highest BCUT2D eigenvalue weighted by Gasteiger charge is 2.11. The zero-order chi connectivity index (χ0) is 17.6. The first-order valence-corrected chi connectivity index (χ1v) is 7.80. The van der Waals surface area contributed by atoms with Crippen molar-refractivity contribution in [3.8, 4) is 17.4 Å². The Morgan fingerprint density at radius 1 is 1.12 bits per heavy atom. The van der Waals surface area contributed by atoms with E-state index in [4.69, 9.17) is 9.47 Å². The highest BCUT2D eigenvalue weighted by atomic mass is 16.5. The summed E-state index contributed by atoms with van der Waals surface area (Å²) >= 11 is 0. The number of pyridine rings is 1. The molecule has 1 aromatic carbocycles. The second-order valence-corrected chi connectivity index (χ2v) is 5.16. The second-order valence-electron chi connectivity index (χ2n) is 5.16. The van der Waals surface area contributed by atoms with Crippen LogP contribution in [-0.4, -0.2) is 32.2 Å². The van der Waals surface area contributed by atoms with Crippen LogP contribution < -0.4 is 9.47 Å². The standard InChI is InChI=1S/C18H18N4O3/c1-3-24-15-4-6-16(7-5-15)25-17-12-14(8-9-20-17)18(21-23)22-11-10-19-13(22)2/h4-12,23H,3H2,1-2H3/b21-18-. The van der Waals surface area contributed by atoms with Crippen LogP contribution in [-0.2, 0) is 0 Å². The van der Waals surface area contributed by atoms with Gasteiger partial charge in [-0.1, -0.05) is 5.16 Å². The van der Waals surface area contributed by atoms with Crippen LogP contribution in [0.2, 0.25) is 0 Å². The summed E-state index contributed by atoms with van der Waals surface area (Å²) in [6, 6.07) is 10.7. The molecule has 0 spiro atoms. The molecule has 0 radical (unpaired) electrons. The van der Waals surface area contributed by atoms with Crippen molar-refractivity contribution in [3.05, 3.63) is 66.4 Å². The van der Waals surface area contributed by atoms with Crippen molar-refractivity contribution in [2.45, 2.75) is 13.8 Å². The summed E-state index contributed by atoms with van der Waals surface area (Å²) in [5.74, 6) is 2.85.